The minimum Gasteiger partial charge on any atom is -0.493 e. The van der Waals surface area contributed by atoms with E-state index in [9.17, 15) is 18.5 Å². The average molecular weight is 324 g/mol. The summed E-state index contributed by atoms with van der Waals surface area (Å²) in [5.41, 5.74) is 4.79. The van der Waals surface area contributed by atoms with E-state index in [1.807, 2.05) is 0 Å². The number of benzene rings is 2. The van der Waals surface area contributed by atoms with E-state index in [4.69, 9.17) is 14.7 Å². The van der Waals surface area contributed by atoms with Gasteiger partial charge in [0.1, 0.15) is 10.6 Å². The highest BCUT2D eigenvalue weighted by molar-refractivity contribution is 7.87. The number of methoxy groups -OCH3 is 1. The second-order valence-electron chi connectivity index (χ2n) is 4.17. The highest BCUT2D eigenvalue weighted by atomic mass is 32.2. The Labute approximate surface area is 126 Å². The Morgan fingerprint density at radius 2 is 1.77 bits per heavy atom. The van der Waals surface area contributed by atoms with E-state index in [1.165, 1.54) is 19.2 Å². The summed E-state index contributed by atoms with van der Waals surface area (Å²) in [6.07, 6.45) is 0. The van der Waals surface area contributed by atoms with Gasteiger partial charge in [0.2, 0.25) is 0 Å². The molecule has 0 aliphatic heterocycles. The van der Waals surface area contributed by atoms with Crippen molar-refractivity contribution in [1.29, 1.82) is 0 Å². The van der Waals surface area contributed by atoms with Crippen LogP contribution in [0.4, 0.5) is 11.4 Å². The zero-order valence-corrected chi connectivity index (χ0v) is 12.2. The van der Waals surface area contributed by atoms with E-state index in [0.717, 1.165) is 18.2 Å². The lowest BCUT2D eigenvalue weighted by Gasteiger charge is -2.10. The first kappa shape index (κ1) is 15.6. The van der Waals surface area contributed by atoms with Crippen LogP contribution in [0.25, 0.3) is 0 Å². The lowest BCUT2D eigenvalue weighted by atomic mass is 10.3. The number of nitrogen functional groups attached to an aromatic ring is 1. The summed E-state index contributed by atoms with van der Waals surface area (Å²) in [7, 11) is -2.89. The molecule has 0 unspecified atom stereocenters. The maximum atomic E-state index is 12.2. The van der Waals surface area contributed by atoms with Gasteiger partial charge in [-0.3, -0.25) is 10.1 Å². The smallest absolute Gasteiger partial charge is 0.339 e. The minimum absolute atomic E-state index is 0.0236. The second-order valence-corrected chi connectivity index (χ2v) is 5.71. The van der Waals surface area contributed by atoms with Crippen molar-refractivity contribution in [2.75, 3.05) is 12.8 Å². The molecule has 22 heavy (non-hydrogen) atoms. The number of ether oxygens (including phenoxy) is 1. The lowest BCUT2D eigenvalue weighted by molar-refractivity contribution is -0.384. The van der Waals surface area contributed by atoms with Gasteiger partial charge in [-0.2, -0.15) is 8.42 Å². The van der Waals surface area contributed by atoms with Gasteiger partial charge in [-0.15, -0.1) is 0 Å². The fourth-order valence-corrected chi connectivity index (χ4v) is 2.65. The molecule has 2 rings (SSSR count). The molecule has 116 valence electrons. The topological polar surface area (TPSA) is 122 Å². The monoisotopic (exact) mass is 324 g/mol. The third-order valence-corrected chi connectivity index (χ3v) is 3.99. The summed E-state index contributed by atoms with van der Waals surface area (Å²) < 4.78 is 34.4. The molecule has 2 N–H and O–H groups in total. The first-order valence-electron chi connectivity index (χ1n) is 5.96. The van der Waals surface area contributed by atoms with E-state index in [-0.39, 0.29) is 22.1 Å². The number of anilines is 1. The van der Waals surface area contributed by atoms with Crippen molar-refractivity contribution in [2.24, 2.45) is 0 Å². The molecule has 0 saturated carbocycles. The number of nitrogens with two attached hydrogens (primary N) is 1. The molecule has 0 radical (unpaired) electrons. The van der Waals surface area contributed by atoms with E-state index in [1.54, 1.807) is 12.1 Å². The van der Waals surface area contributed by atoms with Crippen molar-refractivity contribution < 1.29 is 22.3 Å². The number of rotatable bonds is 5. The molecule has 0 atom stereocenters. The lowest BCUT2D eigenvalue weighted by Crippen LogP contribution is -2.11. The molecule has 0 bridgehead atoms. The number of nitrogens with zero attached hydrogens (tertiary/aromatic N) is 1. The molecular weight excluding hydrogens is 312 g/mol. The van der Waals surface area contributed by atoms with Gasteiger partial charge in [-0.05, 0) is 24.3 Å². The van der Waals surface area contributed by atoms with E-state index < -0.39 is 20.7 Å². The fourth-order valence-electron chi connectivity index (χ4n) is 1.69. The van der Waals surface area contributed by atoms with Crippen molar-refractivity contribution in [3.8, 4) is 11.5 Å². The van der Waals surface area contributed by atoms with Crippen LogP contribution in [-0.4, -0.2) is 20.5 Å². The highest BCUT2D eigenvalue weighted by Gasteiger charge is 2.23. The molecule has 0 spiro atoms. The Balaban J connectivity index is 2.43. The largest absolute Gasteiger partial charge is 0.493 e. The van der Waals surface area contributed by atoms with E-state index in [0.29, 0.717) is 0 Å². The summed E-state index contributed by atoms with van der Waals surface area (Å²) in [4.78, 5) is 9.69. The van der Waals surface area contributed by atoms with Gasteiger partial charge in [0.25, 0.3) is 5.69 Å². The van der Waals surface area contributed by atoms with Crippen molar-refractivity contribution in [3.63, 3.8) is 0 Å². The van der Waals surface area contributed by atoms with Gasteiger partial charge < -0.3 is 14.7 Å². The quantitative estimate of drug-likeness (QED) is 0.386. The standard InChI is InChI=1S/C13H12N2O6S/c1-20-12-4-2-3-5-13(12)21-22(18,19)9-6-7-10(14)11(8-9)15(16)17/h2-8H,14H2,1H3. The molecule has 2 aromatic rings. The molecule has 0 amide bonds. The number of hydrogen-bond acceptors (Lipinski definition) is 7. The molecule has 9 heteroatoms. The normalized spacial score (nSPS) is 11.0. The zero-order valence-electron chi connectivity index (χ0n) is 11.4. The van der Waals surface area contributed by atoms with Crippen LogP contribution in [0.3, 0.4) is 0 Å². The molecular formula is C13H12N2O6S. The first-order valence-corrected chi connectivity index (χ1v) is 7.37. The molecule has 0 aliphatic rings. The summed E-state index contributed by atoms with van der Waals surface area (Å²) in [6, 6.07) is 9.26. The van der Waals surface area contributed by atoms with Gasteiger partial charge in [-0.25, -0.2) is 0 Å². The van der Waals surface area contributed by atoms with Crippen LogP contribution in [0, 0.1) is 10.1 Å². The Hall–Kier alpha value is -2.81. The fraction of sp³-hybridized carbons (Fsp3) is 0.0769. The van der Waals surface area contributed by atoms with Crippen molar-refractivity contribution in [1.82, 2.24) is 0 Å². The zero-order chi connectivity index (χ0) is 16.3. The summed E-state index contributed by atoms with van der Waals surface area (Å²) >= 11 is 0. The molecule has 0 aliphatic carbocycles. The number of nitro groups is 1. The molecule has 0 heterocycles. The first-order chi connectivity index (χ1) is 10.3. The van der Waals surface area contributed by atoms with Crippen LogP contribution in [0.5, 0.6) is 11.5 Å². The summed E-state index contributed by atoms with van der Waals surface area (Å²) in [5.74, 6) is 0.195. The number of nitro benzene ring substituents is 1. The Morgan fingerprint density at radius 1 is 1.14 bits per heavy atom. The van der Waals surface area contributed by atoms with E-state index in [2.05, 4.69) is 0 Å². The predicted molar refractivity (Wildman–Crippen MR) is 78.3 cm³/mol. The minimum atomic E-state index is -4.26. The number of para-hydroxylation sites is 2. The van der Waals surface area contributed by atoms with Crippen molar-refractivity contribution >= 4 is 21.5 Å². The maximum Gasteiger partial charge on any atom is 0.339 e. The Morgan fingerprint density at radius 3 is 2.36 bits per heavy atom. The SMILES string of the molecule is COc1ccccc1OS(=O)(=O)c1ccc(N)c([N+](=O)[O-])c1. The second kappa shape index (κ2) is 5.90. The van der Waals surface area contributed by atoms with E-state index >= 15 is 0 Å². The highest BCUT2D eigenvalue weighted by Crippen LogP contribution is 2.31. The molecule has 0 saturated heterocycles. The van der Waals surface area contributed by atoms with Gasteiger partial charge in [0.05, 0.1) is 12.0 Å². The summed E-state index contributed by atoms with van der Waals surface area (Å²) in [6.45, 7) is 0. The van der Waals surface area contributed by atoms with Crippen LogP contribution in [0.2, 0.25) is 0 Å². The van der Waals surface area contributed by atoms with Crippen LogP contribution in [0.15, 0.2) is 47.4 Å². The molecule has 2 aromatic carbocycles. The third-order valence-electron chi connectivity index (χ3n) is 2.76. The van der Waals surface area contributed by atoms with Crippen LogP contribution >= 0.6 is 0 Å². The van der Waals surface area contributed by atoms with Gasteiger partial charge in [0, 0.05) is 6.07 Å². The van der Waals surface area contributed by atoms with Crippen LogP contribution in [0.1, 0.15) is 0 Å². The van der Waals surface area contributed by atoms with Crippen molar-refractivity contribution in [2.45, 2.75) is 4.90 Å². The average Bonchev–Trinajstić information content (AvgIpc) is 2.47. The van der Waals surface area contributed by atoms with Crippen molar-refractivity contribution in [3.05, 3.63) is 52.6 Å². The maximum absolute atomic E-state index is 12.2. The van der Waals surface area contributed by atoms with Gasteiger partial charge in [0.15, 0.2) is 11.5 Å². The third kappa shape index (κ3) is 3.09. The number of hydrogen-bond donors (Lipinski definition) is 1. The Kier molecular flexibility index (Phi) is 4.18. The summed E-state index contributed by atoms with van der Waals surface area (Å²) in [5, 5.41) is 10.8. The Bertz CT molecular complexity index is 819. The molecule has 0 fully saturated rings. The predicted octanol–water partition coefficient (Wildman–Crippen LogP) is 1.95. The van der Waals surface area contributed by atoms with Crippen LogP contribution < -0.4 is 14.7 Å². The molecule has 8 nitrogen and oxygen atoms in total. The van der Waals surface area contributed by atoms with Gasteiger partial charge in [-0.1, -0.05) is 12.1 Å². The van der Waals surface area contributed by atoms with Gasteiger partial charge >= 0.3 is 10.1 Å². The van der Waals surface area contributed by atoms with Crippen LogP contribution in [-0.2, 0) is 10.1 Å². The molecule has 0 aromatic heterocycles.